The van der Waals surface area contributed by atoms with Crippen LogP contribution in [0.15, 0.2) is 53.1 Å². The van der Waals surface area contributed by atoms with Crippen LogP contribution >= 0.6 is 27.5 Å². The third-order valence-corrected chi connectivity index (χ3v) is 4.25. The lowest BCUT2D eigenvalue weighted by molar-refractivity contribution is 0.480. The standard InChI is InChI=1S/C16H12BrClN2O/c17-12-4-1-5-14(11(12)9-19)21-15-7-6-13(18)10-3-2-8-20-16(10)15/h1-8H,9,19H2. The third-order valence-electron chi connectivity index (χ3n) is 3.18. The summed E-state index contributed by atoms with van der Waals surface area (Å²) in [7, 11) is 0. The molecule has 0 saturated heterocycles. The van der Waals surface area contributed by atoms with E-state index in [1.807, 2.05) is 36.4 Å². The molecule has 2 aromatic carbocycles. The van der Waals surface area contributed by atoms with E-state index in [1.165, 1.54) is 0 Å². The Morgan fingerprint density at radius 1 is 1.10 bits per heavy atom. The van der Waals surface area contributed by atoms with Crippen molar-refractivity contribution in [3.8, 4) is 11.5 Å². The number of aromatic nitrogens is 1. The fourth-order valence-electron chi connectivity index (χ4n) is 2.15. The van der Waals surface area contributed by atoms with E-state index in [-0.39, 0.29) is 0 Å². The lowest BCUT2D eigenvalue weighted by atomic mass is 10.2. The highest BCUT2D eigenvalue weighted by Crippen LogP contribution is 2.35. The maximum absolute atomic E-state index is 6.19. The number of halogens is 2. The Labute approximate surface area is 135 Å². The van der Waals surface area contributed by atoms with Gasteiger partial charge in [0.1, 0.15) is 11.3 Å². The molecule has 3 nitrogen and oxygen atoms in total. The summed E-state index contributed by atoms with van der Waals surface area (Å²) in [6.45, 7) is 0.385. The van der Waals surface area contributed by atoms with Crippen LogP contribution in [0.5, 0.6) is 11.5 Å². The smallest absolute Gasteiger partial charge is 0.153 e. The number of hydrogen-bond acceptors (Lipinski definition) is 3. The summed E-state index contributed by atoms with van der Waals surface area (Å²) in [5.74, 6) is 1.36. The Kier molecular flexibility index (Phi) is 4.10. The zero-order valence-electron chi connectivity index (χ0n) is 11.0. The second-order valence-electron chi connectivity index (χ2n) is 4.47. The van der Waals surface area contributed by atoms with Crippen molar-refractivity contribution in [2.45, 2.75) is 6.54 Å². The predicted octanol–water partition coefficient (Wildman–Crippen LogP) is 4.90. The molecule has 0 amide bonds. The van der Waals surface area contributed by atoms with E-state index >= 15 is 0 Å². The average Bonchev–Trinajstić information content (AvgIpc) is 2.51. The number of rotatable bonds is 3. The molecule has 0 spiro atoms. The number of hydrogen-bond donors (Lipinski definition) is 1. The zero-order chi connectivity index (χ0) is 14.8. The van der Waals surface area contributed by atoms with Crippen molar-refractivity contribution in [2.24, 2.45) is 5.73 Å². The van der Waals surface area contributed by atoms with Gasteiger partial charge in [-0.1, -0.05) is 33.6 Å². The fourth-order valence-corrected chi connectivity index (χ4v) is 2.87. The molecule has 0 unspecified atom stereocenters. The number of ether oxygens (including phenoxy) is 1. The van der Waals surface area contributed by atoms with E-state index < -0.39 is 0 Å². The van der Waals surface area contributed by atoms with Crippen molar-refractivity contribution in [2.75, 3.05) is 0 Å². The highest BCUT2D eigenvalue weighted by Gasteiger charge is 2.11. The lowest BCUT2D eigenvalue weighted by Gasteiger charge is -2.13. The van der Waals surface area contributed by atoms with Crippen molar-refractivity contribution in [1.29, 1.82) is 0 Å². The lowest BCUT2D eigenvalue weighted by Crippen LogP contribution is -2.01. The molecule has 0 aliphatic carbocycles. The normalized spacial score (nSPS) is 10.8. The molecule has 0 aliphatic heterocycles. The van der Waals surface area contributed by atoms with E-state index in [1.54, 1.807) is 12.3 Å². The highest BCUT2D eigenvalue weighted by atomic mass is 79.9. The van der Waals surface area contributed by atoms with Crippen LogP contribution in [0.25, 0.3) is 10.9 Å². The summed E-state index contributed by atoms with van der Waals surface area (Å²) >= 11 is 9.68. The number of benzene rings is 2. The van der Waals surface area contributed by atoms with E-state index in [9.17, 15) is 0 Å². The van der Waals surface area contributed by atoms with Gasteiger partial charge in [-0.3, -0.25) is 4.98 Å². The van der Waals surface area contributed by atoms with Gasteiger partial charge in [-0.2, -0.15) is 0 Å². The second kappa shape index (κ2) is 6.02. The molecule has 1 heterocycles. The molecule has 21 heavy (non-hydrogen) atoms. The second-order valence-corrected chi connectivity index (χ2v) is 5.73. The minimum absolute atomic E-state index is 0.385. The molecular weight excluding hydrogens is 352 g/mol. The summed E-state index contributed by atoms with van der Waals surface area (Å²) in [6.07, 6.45) is 1.72. The Morgan fingerprint density at radius 2 is 1.95 bits per heavy atom. The van der Waals surface area contributed by atoms with Gasteiger partial charge in [0.05, 0.1) is 5.02 Å². The van der Waals surface area contributed by atoms with Crippen LogP contribution < -0.4 is 10.5 Å². The molecule has 0 radical (unpaired) electrons. The summed E-state index contributed by atoms with van der Waals surface area (Å²) in [5.41, 5.74) is 7.44. The molecule has 106 valence electrons. The molecule has 0 bridgehead atoms. The first-order valence-corrected chi connectivity index (χ1v) is 7.56. The van der Waals surface area contributed by atoms with Crippen molar-refractivity contribution in [3.63, 3.8) is 0 Å². The number of fused-ring (bicyclic) bond motifs is 1. The third kappa shape index (κ3) is 2.75. The topological polar surface area (TPSA) is 48.1 Å². The molecule has 5 heteroatoms. The Morgan fingerprint density at radius 3 is 2.76 bits per heavy atom. The Balaban J connectivity index is 2.11. The van der Waals surface area contributed by atoms with Crippen molar-refractivity contribution < 1.29 is 4.74 Å². The van der Waals surface area contributed by atoms with E-state index in [4.69, 9.17) is 22.1 Å². The monoisotopic (exact) mass is 362 g/mol. The molecule has 0 atom stereocenters. The molecule has 0 fully saturated rings. The molecule has 1 aromatic heterocycles. The minimum Gasteiger partial charge on any atom is -0.455 e. The van der Waals surface area contributed by atoms with E-state index in [0.717, 1.165) is 20.9 Å². The van der Waals surface area contributed by atoms with Crippen LogP contribution in [-0.4, -0.2) is 4.98 Å². The van der Waals surface area contributed by atoms with Gasteiger partial charge in [0.25, 0.3) is 0 Å². The fraction of sp³-hybridized carbons (Fsp3) is 0.0625. The van der Waals surface area contributed by atoms with Crippen molar-refractivity contribution >= 4 is 38.4 Å². The molecule has 0 saturated carbocycles. The maximum atomic E-state index is 6.19. The zero-order valence-corrected chi connectivity index (χ0v) is 13.4. The van der Waals surface area contributed by atoms with Crippen molar-refractivity contribution in [1.82, 2.24) is 4.98 Å². The van der Waals surface area contributed by atoms with Gasteiger partial charge in [0.15, 0.2) is 5.75 Å². The summed E-state index contributed by atoms with van der Waals surface area (Å²) in [4.78, 5) is 4.36. The van der Waals surface area contributed by atoms with Crippen LogP contribution in [0.2, 0.25) is 5.02 Å². The molecular formula is C16H12BrClN2O. The SMILES string of the molecule is NCc1c(Br)cccc1Oc1ccc(Cl)c2cccnc12. The number of pyridine rings is 1. The van der Waals surface area contributed by atoms with Gasteiger partial charge >= 0.3 is 0 Å². The first-order valence-electron chi connectivity index (χ1n) is 6.39. The number of nitrogens with two attached hydrogens (primary N) is 1. The van der Waals surface area contributed by atoms with Gasteiger partial charge in [0.2, 0.25) is 0 Å². The van der Waals surface area contributed by atoms with Crippen LogP contribution in [0, 0.1) is 0 Å². The van der Waals surface area contributed by atoms with Gasteiger partial charge in [-0.15, -0.1) is 0 Å². The molecule has 3 aromatic rings. The van der Waals surface area contributed by atoms with Gasteiger partial charge in [-0.25, -0.2) is 0 Å². The largest absolute Gasteiger partial charge is 0.455 e. The van der Waals surface area contributed by atoms with Gasteiger partial charge in [-0.05, 0) is 36.4 Å². The first kappa shape index (κ1) is 14.3. The van der Waals surface area contributed by atoms with Crippen LogP contribution in [0.4, 0.5) is 0 Å². The minimum atomic E-state index is 0.385. The Bertz CT molecular complexity index is 807. The van der Waals surface area contributed by atoms with Crippen molar-refractivity contribution in [3.05, 3.63) is 63.7 Å². The molecule has 2 N–H and O–H groups in total. The van der Waals surface area contributed by atoms with Crippen LogP contribution in [-0.2, 0) is 6.54 Å². The quantitative estimate of drug-likeness (QED) is 0.720. The average molecular weight is 364 g/mol. The van der Waals surface area contributed by atoms with Gasteiger partial charge in [0, 0.05) is 28.2 Å². The summed E-state index contributed by atoms with van der Waals surface area (Å²) < 4.78 is 6.94. The predicted molar refractivity (Wildman–Crippen MR) is 88.9 cm³/mol. The highest BCUT2D eigenvalue weighted by molar-refractivity contribution is 9.10. The number of nitrogens with zero attached hydrogens (tertiary/aromatic N) is 1. The summed E-state index contributed by atoms with van der Waals surface area (Å²) in [5, 5.41) is 1.51. The van der Waals surface area contributed by atoms with Crippen LogP contribution in [0.3, 0.4) is 0 Å². The first-order chi connectivity index (χ1) is 10.2. The van der Waals surface area contributed by atoms with Gasteiger partial charge < -0.3 is 10.5 Å². The summed E-state index contributed by atoms with van der Waals surface area (Å²) in [6, 6.07) is 13.1. The van der Waals surface area contributed by atoms with E-state index in [0.29, 0.717) is 23.1 Å². The van der Waals surface area contributed by atoms with E-state index in [2.05, 4.69) is 20.9 Å². The molecule has 3 rings (SSSR count). The van der Waals surface area contributed by atoms with Crippen LogP contribution in [0.1, 0.15) is 5.56 Å². The Hall–Kier alpha value is -1.62. The molecule has 0 aliphatic rings. The maximum Gasteiger partial charge on any atom is 0.153 e.